The maximum absolute atomic E-state index is 11.1. The van der Waals surface area contributed by atoms with E-state index in [-0.39, 0.29) is 5.91 Å². The summed E-state index contributed by atoms with van der Waals surface area (Å²) in [5.41, 5.74) is 7.39. The Balaban J connectivity index is 1.97. The van der Waals surface area contributed by atoms with E-state index >= 15 is 0 Å². The lowest BCUT2D eigenvalue weighted by Gasteiger charge is -2.11. The van der Waals surface area contributed by atoms with Gasteiger partial charge >= 0.3 is 0 Å². The minimum absolute atomic E-state index is 0.372. The Labute approximate surface area is 124 Å². The summed E-state index contributed by atoms with van der Waals surface area (Å²) in [6, 6.07) is 5.75. The highest BCUT2D eigenvalue weighted by Crippen LogP contribution is 2.31. The van der Waals surface area contributed by atoms with E-state index in [1.807, 2.05) is 26.2 Å². The number of thiazole rings is 1. The van der Waals surface area contributed by atoms with Crippen LogP contribution in [0.4, 0.5) is 5.69 Å². The molecule has 104 valence electrons. The summed E-state index contributed by atoms with van der Waals surface area (Å²) in [7, 11) is 4.02. The van der Waals surface area contributed by atoms with E-state index in [9.17, 15) is 4.79 Å². The Morgan fingerprint density at radius 1 is 1.45 bits per heavy atom. The Hall–Kier alpha value is -1.60. The van der Waals surface area contributed by atoms with E-state index in [1.54, 1.807) is 23.1 Å². The number of aromatic nitrogens is 1. The monoisotopic (exact) mass is 306 g/mol. The molecule has 2 heterocycles. The van der Waals surface area contributed by atoms with Gasteiger partial charge in [-0.15, -0.1) is 23.1 Å². The molecule has 1 amide bonds. The van der Waals surface area contributed by atoms with Crippen molar-refractivity contribution in [2.75, 3.05) is 24.7 Å². The number of primary amides is 1. The fraction of sp³-hybridized carbons (Fsp3) is 0.308. The minimum atomic E-state index is -0.417. The highest BCUT2D eigenvalue weighted by molar-refractivity contribution is 8.15. The number of rotatable bonds is 3. The number of benzene rings is 1. The zero-order valence-electron chi connectivity index (χ0n) is 11.2. The van der Waals surface area contributed by atoms with Crippen molar-refractivity contribution in [2.24, 2.45) is 10.7 Å². The molecule has 2 N–H and O–H groups in total. The van der Waals surface area contributed by atoms with Crippen LogP contribution in [-0.4, -0.2) is 41.8 Å². The van der Waals surface area contributed by atoms with Crippen LogP contribution in [0.2, 0.25) is 0 Å². The molecule has 0 aliphatic carbocycles. The molecule has 3 rings (SSSR count). The van der Waals surface area contributed by atoms with Crippen LogP contribution in [0.5, 0.6) is 0 Å². The van der Waals surface area contributed by atoms with Gasteiger partial charge in [-0.3, -0.25) is 9.79 Å². The molecule has 2 aromatic rings. The van der Waals surface area contributed by atoms with Gasteiger partial charge < -0.3 is 10.6 Å². The standard InChI is InChI=1S/C13H14N4OS2/c1-17(2)7-3-4-8-10(5-7)20-13(15-8)12-16-9(6-19-12)11(14)18/h3-5,9H,6H2,1-2H3,(H2,14,18). The molecule has 0 radical (unpaired) electrons. The van der Waals surface area contributed by atoms with Crippen molar-refractivity contribution in [1.29, 1.82) is 0 Å². The van der Waals surface area contributed by atoms with E-state index in [0.29, 0.717) is 5.75 Å². The van der Waals surface area contributed by atoms with E-state index in [0.717, 1.165) is 26.0 Å². The van der Waals surface area contributed by atoms with Gasteiger partial charge in [0, 0.05) is 25.5 Å². The Kier molecular flexibility index (Phi) is 3.39. The summed E-state index contributed by atoms with van der Waals surface area (Å²) in [6.07, 6.45) is 0. The van der Waals surface area contributed by atoms with Crippen molar-refractivity contribution in [3.63, 3.8) is 0 Å². The molecule has 1 aliphatic heterocycles. The fourth-order valence-corrected chi connectivity index (χ4v) is 4.04. The van der Waals surface area contributed by atoms with Crippen molar-refractivity contribution in [3.05, 3.63) is 23.2 Å². The van der Waals surface area contributed by atoms with Gasteiger partial charge in [-0.2, -0.15) is 0 Å². The lowest BCUT2D eigenvalue weighted by atomic mass is 10.3. The van der Waals surface area contributed by atoms with E-state index in [2.05, 4.69) is 20.9 Å². The quantitative estimate of drug-likeness (QED) is 0.937. The number of hydrogen-bond acceptors (Lipinski definition) is 6. The first kappa shape index (κ1) is 13.4. The zero-order valence-corrected chi connectivity index (χ0v) is 12.8. The molecule has 1 atom stereocenters. The van der Waals surface area contributed by atoms with Gasteiger partial charge in [0.15, 0.2) is 0 Å². The van der Waals surface area contributed by atoms with E-state index in [1.165, 1.54) is 0 Å². The predicted molar refractivity (Wildman–Crippen MR) is 85.9 cm³/mol. The lowest BCUT2D eigenvalue weighted by molar-refractivity contribution is -0.118. The summed E-state index contributed by atoms with van der Waals surface area (Å²) >= 11 is 3.14. The number of amides is 1. The first-order valence-electron chi connectivity index (χ1n) is 6.13. The van der Waals surface area contributed by atoms with Gasteiger partial charge in [0.05, 0.1) is 10.2 Å². The minimum Gasteiger partial charge on any atom is -0.378 e. The van der Waals surface area contributed by atoms with Gasteiger partial charge in [-0.05, 0) is 18.2 Å². The number of fused-ring (bicyclic) bond motifs is 1. The van der Waals surface area contributed by atoms with Gasteiger partial charge in [0.1, 0.15) is 16.1 Å². The highest BCUT2D eigenvalue weighted by Gasteiger charge is 2.25. The van der Waals surface area contributed by atoms with Crippen molar-refractivity contribution in [3.8, 4) is 0 Å². The molecule has 1 unspecified atom stereocenters. The number of anilines is 1. The zero-order chi connectivity index (χ0) is 14.3. The SMILES string of the molecule is CN(C)c1ccc2nc(C3=NC(C(N)=O)CS3)sc2c1. The third kappa shape index (κ3) is 2.38. The molecular formula is C13H14N4OS2. The van der Waals surface area contributed by atoms with Crippen LogP contribution in [0.15, 0.2) is 23.2 Å². The molecule has 5 nitrogen and oxygen atoms in total. The number of carbonyl (C=O) groups excluding carboxylic acids is 1. The summed E-state index contributed by atoms with van der Waals surface area (Å²) in [4.78, 5) is 22.1. The fourth-order valence-electron chi connectivity index (χ4n) is 1.92. The molecule has 1 aliphatic rings. The van der Waals surface area contributed by atoms with Crippen LogP contribution in [0.25, 0.3) is 10.2 Å². The number of nitrogens with two attached hydrogens (primary N) is 1. The van der Waals surface area contributed by atoms with Crippen molar-refractivity contribution < 1.29 is 4.79 Å². The predicted octanol–water partition coefficient (Wildman–Crippen LogP) is 1.71. The Morgan fingerprint density at radius 2 is 2.25 bits per heavy atom. The normalized spacial score (nSPS) is 18.3. The lowest BCUT2D eigenvalue weighted by Crippen LogP contribution is -2.26. The number of nitrogens with zero attached hydrogens (tertiary/aromatic N) is 3. The van der Waals surface area contributed by atoms with Gasteiger partial charge in [-0.1, -0.05) is 0 Å². The molecule has 0 saturated carbocycles. The molecule has 0 spiro atoms. The van der Waals surface area contributed by atoms with Crippen LogP contribution in [-0.2, 0) is 4.79 Å². The summed E-state index contributed by atoms with van der Waals surface area (Å²) in [6.45, 7) is 0. The van der Waals surface area contributed by atoms with Crippen LogP contribution >= 0.6 is 23.1 Å². The average molecular weight is 306 g/mol. The van der Waals surface area contributed by atoms with Crippen molar-refractivity contribution in [1.82, 2.24) is 4.98 Å². The molecule has 1 aromatic heterocycles. The Bertz CT molecular complexity index is 707. The first-order valence-corrected chi connectivity index (χ1v) is 7.93. The molecule has 0 saturated heterocycles. The number of hydrogen-bond donors (Lipinski definition) is 1. The van der Waals surface area contributed by atoms with Crippen LogP contribution < -0.4 is 10.6 Å². The van der Waals surface area contributed by atoms with E-state index < -0.39 is 6.04 Å². The third-order valence-corrected chi connectivity index (χ3v) is 5.26. The molecular weight excluding hydrogens is 292 g/mol. The van der Waals surface area contributed by atoms with Gasteiger partial charge in [0.2, 0.25) is 5.91 Å². The maximum atomic E-state index is 11.1. The molecule has 7 heteroatoms. The highest BCUT2D eigenvalue weighted by atomic mass is 32.2. The molecule has 0 fully saturated rings. The van der Waals surface area contributed by atoms with Crippen molar-refractivity contribution in [2.45, 2.75) is 6.04 Å². The average Bonchev–Trinajstić information content (AvgIpc) is 3.04. The topological polar surface area (TPSA) is 71.6 Å². The maximum Gasteiger partial charge on any atom is 0.243 e. The molecule has 20 heavy (non-hydrogen) atoms. The number of carbonyl (C=O) groups is 1. The third-order valence-electron chi connectivity index (χ3n) is 3.05. The first-order chi connectivity index (χ1) is 9.54. The van der Waals surface area contributed by atoms with Crippen molar-refractivity contribution >= 4 is 50.0 Å². The second kappa shape index (κ2) is 5.06. The van der Waals surface area contributed by atoms with Gasteiger partial charge in [-0.25, -0.2) is 4.98 Å². The number of aliphatic imine (C=N–C) groups is 1. The molecule has 0 bridgehead atoms. The second-order valence-electron chi connectivity index (χ2n) is 4.73. The summed E-state index contributed by atoms with van der Waals surface area (Å²) in [5.74, 6) is 0.243. The summed E-state index contributed by atoms with van der Waals surface area (Å²) in [5, 5.41) is 1.69. The second-order valence-corrected chi connectivity index (χ2v) is 6.77. The van der Waals surface area contributed by atoms with Crippen LogP contribution in [0, 0.1) is 0 Å². The number of thioether (sulfide) groups is 1. The summed E-state index contributed by atoms with van der Waals surface area (Å²) < 4.78 is 1.12. The van der Waals surface area contributed by atoms with E-state index in [4.69, 9.17) is 5.73 Å². The smallest absolute Gasteiger partial charge is 0.243 e. The van der Waals surface area contributed by atoms with Gasteiger partial charge in [0.25, 0.3) is 0 Å². The Morgan fingerprint density at radius 3 is 2.90 bits per heavy atom. The van der Waals surface area contributed by atoms with Crippen LogP contribution in [0.3, 0.4) is 0 Å². The largest absolute Gasteiger partial charge is 0.378 e. The van der Waals surface area contributed by atoms with Crippen LogP contribution in [0.1, 0.15) is 5.01 Å². The molecule has 1 aromatic carbocycles.